The van der Waals surface area contributed by atoms with Gasteiger partial charge in [-0.3, -0.25) is 0 Å². The zero-order valence-corrected chi connectivity index (χ0v) is 38.1. The molecule has 0 spiro atoms. The van der Waals surface area contributed by atoms with Crippen LogP contribution in [0.2, 0.25) is 0 Å². The van der Waals surface area contributed by atoms with Gasteiger partial charge < -0.3 is 4.57 Å². The van der Waals surface area contributed by atoms with E-state index in [1.54, 1.807) is 11.3 Å². The normalized spacial score (nSPS) is 12.8. The second-order valence-electron chi connectivity index (χ2n) is 17.8. The topological polar surface area (TPSA) is 43.6 Å². The standard InChI is InChI=1S/C64H40N4S/c1-4-21-44(22-5-1)64(45-23-6-2-7-24-45)54-33-13-10-29-51(54)59-52(31-18-34-55(59)64)62-65-61(66-63(67-62)53-32-17-30-50-49-28-12-15-36-58(49)69-60(50)53)43-20-16-19-41(39-43)42-37-38-48-47-27-11-14-35-56(47)68(57(48)40-42)46-25-8-3-9-26-46/h1-40H. The van der Waals surface area contributed by atoms with E-state index in [1.807, 2.05) is 0 Å². The first-order chi connectivity index (χ1) is 34.2. The van der Waals surface area contributed by atoms with Crippen molar-refractivity contribution in [2.24, 2.45) is 0 Å². The first kappa shape index (κ1) is 39.4. The van der Waals surface area contributed by atoms with Gasteiger partial charge in [0.25, 0.3) is 0 Å². The van der Waals surface area contributed by atoms with Gasteiger partial charge in [0.15, 0.2) is 17.5 Å². The summed E-state index contributed by atoms with van der Waals surface area (Å²) in [6.07, 6.45) is 0. The number of hydrogen-bond acceptors (Lipinski definition) is 4. The van der Waals surface area contributed by atoms with E-state index >= 15 is 0 Å². The van der Waals surface area contributed by atoms with Crippen molar-refractivity contribution >= 4 is 53.3 Å². The van der Waals surface area contributed by atoms with Gasteiger partial charge in [-0.2, -0.15) is 0 Å². The van der Waals surface area contributed by atoms with Crippen molar-refractivity contribution in [3.05, 3.63) is 265 Å². The molecule has 0 fully saturated rings. The smallest absolute Gasteiger partial charge is 0.165 e. The average Bonchev–Trinajstić information content (AvgIpc) is 4.08. The van der Waals surface area contributed by atoms with Crippen LogP contribution in [0.1, 0.15) is 22.3 Å². The zero-order valence-electron chi connectivity index (χ0n) is 37.3. The molecule has 1 aliphatic rings. The molecule has 0 atom stereocenters. The van der Waals surface area contributed by atoms with E-state index < -0.39 is 5.41 Å². The summed E-state index contributed by atoms with van der Waals surface area (Å²) in [4.78, 5) is 16.5. The fourth-order valence-corrected chi connectivity index (χ4v) is 12.4. The van der Waals surface area contributed by atoms with Crippen LogP contribution in [0, 0.1) is 0 Å². The van der Waals surface area contributed by atoms with Gasteiger partial charge in [0.2, 0.25) is 0 Å². The molecule has 0 amide bonds. The minimum absolute atomic E-state index is 0.562. The number of para-hydroxylation sites is 2. The lowest BCUT2D eigenvalue weighted by Crippen LogP contribution is -2.28. The molecule has 10 aromatic carbocycles. The summed E-state index contributed by atoms with van der Waals surface area (Å²) in [6, 6.07) is 87.4. The van der Waals surface area contributed by atoms with Crippen LogP contribution >= 0.6 is 11.3 Å². The highest BCUT2D eigenvalue weighted by atomic mass is 32.1. The Morgan fingerprint density at radius 3 is 1.71 bits per heavy atom. The van der Waals surface area contributed by atoms with Crippen molar-refractivity contribution in [2.45, 2.75) is 5.41 Å². The van der Waals surface area contributed by atoms with Gasteiger partial charge in [-0.05, 0) is 87.0 Å². The molecule has 13 aromatic rings. The fourth-order valence-electron chi connectivity index (χ4n) is 11.2. The van der Waals surface area contributed by atoms with Gasteiger partial charge in [0, 0.05) is 53.3 Å². The molecule has 0 bridgehead atoms. The van der Waals surface area contributed by atoms with Crippen molar-refractivity contribution in [1.82, 2.24) is 19.5 Å². The SMILES string of the molecule is c1ccc(-n2c3ccccc3c3ccc(-c4cccc(-c5nc(-c6cccc7c6-c6ccccc6C7(c6ccccc6)c6ccccc6)nc(-c6cccc7c6sc6ccccc67)n5)c4)cc32)cc1. The van der Waals surface area contributed by atoms with E-state index in [4.69, 9.17) is 15.0 Å². The molecule has 0 unspecified atom stereocenters. The third-order valence-electron chi connectivity index (χ3n) is 14.1. The number of aromatic nitrogens is 4. The summed E-state index contributed by atoms with van der Waals surface area (Å²) in [6.45, 7) is 0. The molecule has 0 saturated carbocycles. The molecule has 0 radical (unpaired) electrons. The molecule has 69 heavy (non-hydrogen) atoms. The summed E-state index contributed by atoms with van der Waals surface area (Å²) in [5.41, 5.74) is 15.2. The van der Waals surface area contributed by atoms with E-state index in [-0.39, 0.29) is 0 Å². The summed E-state index contributed by atoms with van der Waals surface area (Å²) in [7, 11) is 0. The van der Waals surface area contributed by atoms with E-state index in [1.165, 1.54) is 59.6 Å². The maximum Gasteiger partial charge on any atom is 0.165 e. The second kappa shape index (κ2) is 15.7. The third-order valence-corrected chi connectivity index (χ3v) is 15.4. The Morgan fingerprint density at radius 1 is 0.348 bits per heavy atom. The monoisotopic (exact) mass is 896 g/mol. The Balaban J connectivity index is 1.000. The molecule has 0 N–H and O–H groups in total. The number of fused-ring (bicyclic) bond motifs is 9. The van der Waals surface area contributed by atoms with E-state index in [9.17, 15) is 0 Å². The van der Waals surface area contributed by atoms with Gasteiger partial charge in [0.1, 0.15) is 0 Å². The Kier molecular flexibility index (Phi) is 8.95. The number of benzene rings is 10. The second-order valence-corrected chi connectivity index (χ2v) is 18.9. The van der Waals surface area contributed by atoms with Crippen molar-refractivity contribution in [1.29, 1.82) is 0 Å². The predicted molar refractivity (Wildman–Crippen MR) is 286 cm³/mol. The van der Waals surface area contributed by atoms with Gasteiger partial charge in [-0.1, -0.05) is 200 Å². The van der Waals surface area contributed by atoms with Gasteiger partial charge in [-0.15, -0.1) is 11.3 Å². The van der Waals surface area contributed by atoms with Crippen LogP contribution in [0.4, 0.5) is 0 Å². The minimum Gasteiger partial charge on any atom is -0.309 e. The molecule has 0 saturated heterocycles. The molecular weight excluding hydrogens is 857 g/mol. The van der Waals surface area contributed by atoms with Crippen LogP contribution in [-0.4, -0.2) is 19.5 Å². The number of nitrogens with zero attached hydrogens (tertiary/aromatic N) is 4. The molecule has 322 valence electrons. The fraction of sp³-hybridized carbons (Fsp3) is 0.0156. The molecule has 5 heteroatoms. The largest absolute Gasteiger partial charge is 0.309 e. The van der Waals surface area contributed by atoms with Crippen molar-refractivity contribution < 1.29 is 0 Å². The first-order valence-electron chi connectivity index (χ1n) is 23.4. The lowest BCUT2D eigenvalue weighted by molar-refractivity contribution is 0.768. The highest BCUT2D eigenvalue weighted by molar-refractivity contribution is 7.26. The Labute approximate surface area is 403 Å². The third kappa shape index (κ3) is 6.04. The molecule has 14 rings (SSSR count). The van der Waals surface area contributed by atoms with Crippen LogP contribution in [0.15, 0.2) is 243 Å². The minimum atomic E-state index is -0.562. The van der Waals surface area contributed by atoms with Crippen LogP contribution in [-0.2, 0) is 5.41 Å². The Morgan fingerprint density at radius 2 is 0.899 bits per heavy atom. The van der Waals surface area contributed by atoms with Crippen molar-refractivity contribution in [2.75, 3.05) is 0 Å². The Bertz CT molecular complexity index is 4100. The van der Waals surface area contributed by atoms with Crippen LogP contribution in [0.5, 0.6) is 0 Å². The van der Waals surface area contributed by atoms with Crippen molar-refractivity contribution in [3.8, 4) is 62.1 Å². The first-order valence-corrected chi connectivity index (χ1v) is 24.2. The maximum absolute atomic E-state index is 5.52. The van der Waals surface area contributed by atoms with Crippen LogP contribution in [0.3, 0.4) is 0 Å². The van der Waals surface area contributed by atoms with E-state index in [0.29, 0.717) is 17.5 Å². The molecular formula is C64H40N4S. The predicted octanol–water partition coefficient (Wildman–Crippen LogP) is 16.4. The van der Waals surface area contributed by atoms with Gasteiger partial charge in [0.05, 0.1) is 16.4 Å². The van der Waals surface area contributed by atoms with Gasteiger partial charge >= 0.3 is 0 Å². The summed E-state index contributed by atoms with van der Waals surface area (Å²) in [5.74, 6) is 1.90. The lowest BCUT2D eigenvalue weighted by Gasteiger charge is -2.33. The molecule has 0 aliphatic heterocycles. The highest BCUT2D eigenvalue weighted by Crippen LogP contribution is 2.58. The average molecular weight is 897 g/mol. The highest BCUT2D eigenvalue weighted by Gasteiger charge is 2.47. The maximum atomic E-state index is 5.52. The molecule has 3 heterocycles. The van der Waals surface area contributed by atoms with E-state index in [0.717, 1.165) is 49.3 Å². The van der Waals surface area contributed by atoms with Crippen LogP contribution < -0.4 is 0 Å². The zero-order chi connectivity index (χ0) is 45.5. The van der Waals surface area contributed by atoms with Crippen LogP contribution in [0.25, 0.3) is 104 Å². The molecule has 4 nitrogen and oxygen atoms in total. The lowest BCUT2D eigenvalue weighted by atomic mass is 9.67. The molecule has 3 aromatic heterocycles. The number of hydrogen-bond donors (Lipinski definition) is 0. The van der Waals surface area contributed by atoms with E-state index in [2.05, 4.69) is 247 Å². The quantitative estimate of drug-likeness (QED) is 0.160. The van der Waals surface area contributed by atoms with Gasteiger partial charge in [-0.25, -0.2) is 15.0 Å². The summed E-state index contributed by atoms with van der Waals surface area (Å²) >= 11 is 1.79. The Hall–Kier alpha value is -8.77. The number of thiophene rings is 1. The summed E-state index contributed by atoms with van der Waals surface area (Å²) < 4.78 is 4.77. The van der Waals surface area contributed by atoms with Crippen molar-refractivity contribution in [3.63, 3.8) is 0 Å². The molecule has 1 aliphatic carbocycles. The number of rotatable bonds is 7. The summed E-state index contributed by atoms with van der Waals surface area (Å²) in [5, 5.41) is 4.89.